The lowest BCUT2D eigenvalue weighted by Gasteiger charge is -2.11. The quantitative estimate of drug-likeness (QED) is 0.758. The van der Waals surface area contributed by atoms with E-state index in [9.17, 15) is 9.18 Å². The van der Waals surface area contributed by atoms with Gasteiger partial charge in [-0.3, -0.25) is 4.79 Å². The highest BCUT2D eigenvalue weighted by atomic mass is 19.1. The van der Waals surface area contributed by atoms with Crippen LogP contribution in [-0.2, 0) is 6.61 Å². The van der Waals surface area contributed by atoms with Crippen molar-refractivity contribution >= 4 is 5.78 Å². The maximum atomic E-state index is 13.8. The SMILES string of the molecule is CCC(=O)c1cccc(F)c1OCc1ccccc1. The second-order valence-corrected chi connectivity index (χ2v) is 4.17. The number of Topliss-reactive ketones (excluding diaryl/α,β-unsaturated/α-hetero) is 1. The van der Waals surface area contributed by atoms with Gasteiger partial charge < -0.3 is 4.74 Å². The van der Waals surface area contributed by atoms with E-state index in [1.807, 2.05) is 30.3 Å². The third-order valence-corrected chi connectivity index (χ3v) is 2.81. The number of para-hydroxylation sites is 1. The van der Waals surface area contributed by atoms with Crippen LogP contribution in [0.5, 0.6) is 5.75 Å². The van der Waals surface area contributed by atoms with Gasteiger partial charge in [0.25, 0.3) is 0 Å². The first-order chi connectivity index (χ1) is 9.22. The van der Waals surface area contributed by atoms with E-state index in [4.69, 9.17) is 4.74 Å². The lowest BCUT2D eigenvalue weighted by molar-refractivity contribution is 0.0982. The van der Waals surface area contributed by atoms with Crippen LogP contribution in [-0.4, -0.2) is 5.78 Å². The van der Waals surface area contributed by atoms with Crippen LogP contribution in [0.15, 0.2) is 48.5 Å². The van der Waals surface area contributed by atoms with E-state index in [-0.39, 0.29) is 18.1 Å². The Balaban J connectivity index is 2.22. The van der Waals surface area contributed by atoms with Crippen LogP contribution < -0.4 is 4.74 Å². The standard InChI is InChI=1S/C16H15FO2/c1-2-15(18)13-9-6-10-14(17)16(13)19-11-12-7-4-3-5-8-12/h3-10H,2,11H2,1H3. The summed E-state index contributed by atoms with van der Waals surface area (Å²) in [6.07, 6.45) is 0.325. The predicted molar refractivity (Wildman–Crippen MR) is 71.8 cm³/mol. The molecule has 3 heteroatoms. The number of carbonyl (C=O) groups is 1. The third kappa shape index (κ3) is 3.19. The highest BCUT2D eigenvalue weighted by Crippen LogP contribution is 2.25. The molecule has 0 spiro atoms. The molecule has 2 rings (SSSR count). The van der Waals surface area contributed by atoms with Crippen LogP contribution in [0.4, 0.5) is 4.39 Å². The molecule has 98 valence electrons. The van der Waals surface area contributed by atoms with Crippen LogP contribution in [0.25, 0.3) is 0 Å². The molecule has 0 aromatic heterocycles. The van der Waals surface area contributed by atoms with E-state index in [0.29, 0.717) is 12.0 Å². The third-order valence-electron chi connectivity index (χ3n) is 2.81. The molecule has 0 heterocycles. The topological polar surface area (TPSA) is 26.3 Å². The van der Waals surface area contributed by atoms with Gasteiger partial charge in [-0.2, -0.15) is 0 Å². The maximum absolute atomic E-state index is 13.8. The Morgan fingerprint density at radius 2 is 1.84 bits per heavy atom. The lowest BCUT2D eigenvalue weighted by Crippen LogP contribution is -2.05. The second-order valence-electron chi connectivity index (χ2n) is 4.17. The Labute approximate surface area is 111 Å². The Kier molecular flexibility index (Phi) is 4.29. The average Bonchev–Trinajstić information content (AvgIpc) is 2.46. The first-order valence-electron chi connectivity index (χ1n) is 6.20. The molecule has 0 unspecified atom stereocenters. The van der Waals surface area contributed by atoms with Crippen molar-refractivity contribution in [3.05, 3.63) is 65.5 Å². The number of hydrogen-bond donors (Lipinski definition) is 0. The Morgan fingerprint density at radius 3 is 2.53 bits per heavy atom. The van der Waals surface area contributed by atoms with Crippen molar-refractivity contribution in [2.75, 3.05) is 0 Å². The van der Waals surface area contributed by atoms with Gasteiger partial charge in [-0.15, -0.1) is 0 Å². The molecule has 0 aliphatic rings. The highest BCUT2D eigenvalue weighted by Gasteiger charge is 2.15. The molecule has 0 radical (unpaired) electrons. The summed E-state index contributed by atoms with van der Waals surface area (Å²) in [5.41, 5.74) is 1.24. The van der Waals surface area contributed by atoms with Gasteiger partial charge >= 0.3 is 0 Å². The zero-order valence-electron chi connectivity index (χ0n) is 10.7. The molecule has 0 saturated heterocycles. The van der Waals surface area contributed by atoms with E-state index in [1.165, 1.54) is 12.1 Å². The van der Waals surface area contributed by atoms with Crippen LogP contribution >= 0.6 is 0 Å². The number of benzene rings is 2. The first-order valence-corrected chi connectivity index (χ1v) is 6.20. The van der Waals surface area contributed by atoms with E-state index < -0.39 is 5.82 Å². The molecule has 0 fully saturated rings. The lowest BCUT2D eigenvalue weighted by atomic mass is 10.1. The number of ether oxygens (including phenoxy) is 1. The van der Waals surface area contributed by atoms with Crippen molar-refractivity contribution in [3.63, 3.8) is 0 Å². The van der Waals surface area contributed by atoms with Gasteiger partial charge in [0.2, 0.25) is 0 Å². The maximum Gasteiger partial charge on any atom is 0.166 e. The average molecular weight is 258 g/mol. The molecule has 19 heavy (non-hydrogen) atoms. The fraction of sp³-hybridized carbons (Fsp3) is 0.188. The minimum absolute atomic E-state index is 0.0400. The molecule has 2 aromatic rings. The van der Waals surface area contributed by atoms with E-state index in [1.54, 1.807) is 13.0 Å². The Morgan fingerprint density at radius 1 is 1.11 bits per heavy atom. The summed E-state index contributed by atoms with van der Waals surface area (Å²) < 4.78 is 19.3. The van der Waals surface area contributed by atoms with Crippen molar-refractivity contribution in [2.24, 2.45) is 0 Å². The number of hydrogen-bond acceptors (Lipinski definition) is 2. The highest BCUT2D eigenvalue weighted by molar-refractivity contribution is 5.98. The van der Waals surface area contributed by atoms with Gasteiger partial charge in [-0.25, -0.2) is 4.39 Å². The van der Waals surface area contributed by atoms with E-state index >= 15 is 0 Å². The summed E-state index contributed by atoms with van der Waals surface area (Å²) >= 11 is 0. The van der Waals surface area contributed by atoms with E-state index in [2.05, 4.69) is 0 Å². The molecular weight excluding hydrogens is 243 g/mol. The Bertz CT molecular complexity index is 564. The molecule has 0 N–H and O–H groups in total. The molecular formula is C16H15FO2. The normalized spacial score (nSPS) is 10.2. The van der Waals surface area contributed by atoms with Gasteiger partial charge in [-0.05, 0) is 17.7 Å². The van der Waals surface area contributed by atoms with Gasteiger partial charge in [-0.1, -0.05) is 43.3 Å². The molecule has 0 aliphatic carbocycles. The van der Waals surface area contributed by atoms with Crippen molar-refractivity contribution < 1.29 is 13.9 Å². The van der Waals surface area contributed by atoms with Gasteiger partial charge in [0.05, 0.1) is 5.56 Å². The summed E-state index contributed by atoms with van der Waals surface area (Å²) in [5.74, 6) is -0.587. The summed E-state index contributed by atoms with van der Waals surface area (Å²) in [4.78, 5) is 11.8. The Hall–Kier alpha value is -2.16. The number of ketones is 1. The van der Waals surface area contributed by atoms with Crippen LogP contribution in [0.2, 0.25) is 0 Å². The fourth-order valence-corrected chi connectivity index (χ4v) is 1.80. The summed E-state index contributed by atoms with van der Waals surface area (Å²) in [6, 6.07) is 13.9. The van der Waals surface area contributed by atoms with Crippen molar-refractivity contribution in [3.8, 4) is 5.75 Å². The predicted octanol–water partition coefficient (Wildman–Crippen LogP) is 4.00. The number of carbonyl (C=O) groups excluding carboxylic acids is 1. The summed E-state index contributed by atoms with van der Waals surface area (Å²) in [6.45, 7) is 1.99. The van der Waals surface area contributed by atoms with Crippen molar-refractivity contribution in [1.29, 1.82) is 0 Å². The van der Waals surface area contributed by atoms with Crippen molar-refractivity contribution in [1.82, 2.24) is 0 Å². The molecule has 0 atom stereocenters. The molecule has 0 bridgehead atoms. The van der Waals surface area contributed by atoms with Gasteiger partial charge in [0.1, 0.15) is 6.61 Å². The van der Waals surface area contributed by atoms with Crippen molar-refractivity contribution in [2.45, 2.75) is 20.0 Å². The molecule has 0 aliphatic heterocycles. The van der Waals surface area contributed by atoms with Crippen LogP contribution in [0, 0.1) is 5.82 Å². The van der Waals surface area contributed by atoms with Crippen LogP contribution in [0.1, 0.15) is 29.3 Å². The monoisotopic (exact) mass is 258 g/mol. The number of rotatable bonds is 5. The minimum Gasteiger partial charge on any atom is -0.485 e. The smallest absolute Gasteiger partial charge is 0.166 e. The minimum atomic E-state index is -0.504. The molecule has 2 nitrogen and oxygen atoms in total. The number of halogens is 1. The van der Waals surface area contributed by atoms with Gasteiger partial charge in [0, 0.05) is 6.42 Å². The van der Waals surface area contributed by atoms with Crippen LogP contribution in [0.3, 0.4) is 0 Å². The van der Waals surface area contributed by atoms with E-state index in [0.717, 1.165) is 5.56 Å². The first kappa shape index (κ1) is 13.3. The zero-order valence-corrected chi connectivity index (χ0v) is 10.7. The fourth-order valence-electron chi connectivity index (χ4n) is 1.80. The summed E-state index contributed by atoms with van der Waals surface area (Å²) in [7, 11) is 0. The largest absolute Gasteiger partial charge is 0.485 e. The zero-order chi connectivity index (χ0) is 13.7. The molecule has 0 amide bonds. The molecule has 0 saturated carbocycles. The second kappa shape index (κ2) is 6.14. The molecule has 2 aromatic carbocycles. The van der Waals surface area contributed by atoms with Gasteiger partial charge in [0.15, 0.2) is 17.3 Å². The summed E-state index contributed by atoms with van der Waals surface area (Å²) in [5, 5.41) is 0.